The molecular weight excluding hydrogens is 342 g/mol. The van der Waals surface area contributed by atoms with E-state index in [1.807, 2.05) is 12.2 Å². The second-order valence-corrected chi connectivity index (χ2v) is 6.94. The summed E-state index contributed by atoms with van der Waals surface area (Å²) in [7, 11) is 0. The molecule has 0 saturated heterocycles. The van der Waals surface area contributed by atoms with Crippen LogP contribution in [-0.2, 0) is 9.53 Å². The number of allylic oxidation sites excluding steroid dienone is 2. The minimum absolute atomic E-state index is 0.0795. The highest BCUT2D eigenvalue weighted by atomic mass is 32.1. The third-order valence-electron chi connectivity index (χ3n) is 4.56. The Hall–Kier alpha value is -1.18. The molecule has 0 spiro atoms. The smallest absolute Gasteiger partial charge is 0.303 e. The highest BCUT2D eigenvalue weighted by molar-refractivity contribution is 7.80. The summed E-state index contributed by atoms with van der Waals surface area (Å²) in [5.41, 5.74) is 0. The van der Waals surface area contributed by atoms with E-state index in [-0.39, 0.29) is 24.9 Å². The van der Waals surface area contributed by atoms with E-state index in [9.17, 15) is 15.0 Å². The molecule has 0 heterocycles. The number of ether oxygens (including phenoxy) is 1. The van der Waals surface area contributed by atoms with Crippen molar-refractivity contribution in [1.29, 1.82) is 0 Å². The van der Waals surface area contributed by atoms with E-state index in [1.54, 1.807) is 0 Å². The molecule has 0 bridgehead atoms. The highest BCUT2D eigenvalue weighted by Gasteiger charge is 2.41. The molecule has 1 aliphatic carbocycles. The maximum absolute atomic E-state index is 10.5. The zero-order valence-electron chi connectivity index (χ0n) is 14.9. The van der Waals surface area contributed by atoms with Gasteiger partial charge in [0.25, 0.3) is 5.17 Å². The Labute approximate surface area is 155 Å². The van der Waals surface area contributed by atoms with Crippen molar-refractivity contribution in [1.82, 2.24) is 5.32 Å². The van der Waals surface area contributed by atoms with Crippen LogP contribution in [0.5, 0.6) is 0 Å². The summed E-state index contributed by atoms with van der Waals surface area (Å²) in [4.78, 5) is 10.5. The van der Waals surface area contributed by atoms with Crippen LogP contribution in [-0.4, -0.2) is 51.8 Å². The Kier molecular flexibility index (Phi) is 10.7. The first-order valence-electron chi connectivity index (χ1n) is 9.09. The van der Waals surface area contributed by atoms with Gasteiger partial charge in [0.05, 0.1) is 18.8 Å². The number of carboxylic acids is 1. The monoisotopic (exact) mass is 373 g/mol. The summed E-state index contributed by atoms with van der Waals surface area (Å²) < 4.78 is 5.55. The van der Waals surface area contributed by atoms with Crippen molar-refractivity contribution in [2.75, 3.05) is 13.2 Å². The van der Waals surface area contributed by atoms with Crippen molar-refractivity contribution < 1.29 is 24.9 Å². The Morgan fingerprint density at radius 1 is 1.24 bits per heavy atom. The molecular formula is C18H31NO5S. The van der Waals surface area contributed by atoms with E-state index in [0.29, 0.717) is 30.9 Å². The molecule has 0 radical (unpaired) electrons. The molecule has 0 unspecified atom stereocenters. The number of unbranched alkanes of at least 4 members (excludes halogenated alkanes) is 2. The molecule has 0 aromatic rings. The molecule has 1 aliphatic rings. The van der Waals surface area contributed by atoms with E-state index in [2.05, 4.69) is 12.2 Å². The van der Waals surface area contributed by atoms with Gasteiger partial charge in [0.2, 0.25) is 0 Å². The number of rotatable bonds is 11. The van der Waals surface area contributed by atoms with Crippen LogP contribution in [0.4, 0.5) is 0 Å². The Morgan fingerprint density at radius 2 is 1.96 bits per heavy atom. The molecule has 4 atom stereocenters. The number of carbonyl (C=O) groups is 1. The van der Waals surface area contributed by atoms with Gasteiger partial charge in [-0.25, -0.2) is 0 Å². The quantitative estimate of drug-likeness (QED) is 0.250. The molecule has 1 fully saturated rings. The summed E-state index contributed by atoms with van der Waals surface area (Å²) in [6, 6.07) is 0. The summed E-state index contributed by atoms with van der Waals surface area (Å²) in [5, 5.41) is 32.3. The molecule has 0 amide bonds. The van der Waals surface area contributed by atoms with E-state index in [1.165, 1.54) is 0 Å². The fourth-order valence-corrected chi connectivity index (χ4v) is 3.24. The van der Waals surface area contributed by atoms with Crippen molar-refractivity contribution in [3.05, 3.63) is 12.2 Å². The van der Waals surface area contributed by atoms with Gasteiger partial charge in [-0.3, -0.25) is 4.79 Å². The second-order valence-electron chi connectivity index (χ2n) is 6.57. The number of aliphatic hydroxyl groups excluding tert-OH is 2. The lowest BCUT2D eigenvalue weighted by molar-refractivity contribution is -0.137. The third-order valence-corrected chi connectivity index (χ3v) is 4.83. The molecule has 144 valence electrons. The Balaban J connectivity index is 2.38. The van der Waals surface area contributed by atoms with Gasteiger partial charge in [-0.2, -0.15) is 0 Å². The first-order valence-corrected chi connectivity index (χ1v) is 9.50. The van der Waals surface area contributed by atoms with Crippen LogP contribution >= 0.6 is 12.2 Å². The maximum atomic E-state index is 10.5. The van der Waals surface area contributed by atoms with Gasteiger partial charge in [0.15, 0.2) is 0 Å². The number of aliphatic hydroxyl groups is 2. The summed E-state index contributed by atoms with van der Waals surface area (Å²) in [5.74, 6) is -1.03. The fourth-order valence-electron chi connectivity index (χ4n) is 3.07. The molecule has 0 aliphatic heterocycles. The predicted octanol–water partition coefficient (Wildman–Crippen LogP) is 2.24. The Bertz CT molecular complexity index is 443. The standard InChI is InChI=1S/C18H31NO5S/c1-2-3-10-19-18(25)24-12-14-13(15(20)11-16(14)21)8-6-4-5-7-9-17(22)23/h4,6,13-16,20-21H,2-3,5,7-12H2,1H3,(H,19,25)(H,22,23)/b6-4-/t13-,14-,15-,16-/m1/s1. The molecule has 0 aromatic carbocycles. The van der Waals surface area contributed by atoms with Crippen LogP contribution in [0.25, 0.3) is 0 Å². The number of aliphatic carboxylic acids is 1. The van der Waals surface area contributed by atoms with Gasteiger partial charge in [-0.1, -0.05) is 25.5 Å². The average molecular weight is 374 g/mol. The average Bonchev–Trinajstić information content (AvgIpc) is 2.82. The lowest BCUT2D eigenvalue weighted by Crippen LogP contribution is -2.31. The number of hydrogen-bond donors (Lipinski definition) is 4. The van der Waals surface area contributed by atoms with Crippen molar-refractivity contribution in [2.45, 2.75) is 64.1 Å². The second kappa shape index (κ2) is 12.2. The van der Waals surface area contributed by atoms with Gasteiger partial charge in [-0.15, -0.1) is 0 Å². The van der Waals surface area contributed by atoms with Gasteiger partial charge >= 0.3 is 5.97 Å². The molecule has 1 rings (SSSR count). The van der Waals surface area contributed by atoms with Crippen molar-refractivity contribution in [2.24, 2.45) is 11.8 Å². The molecule has 25 heavy (non-hydrogen) atoms. The largest absolute Gasteiger partial charge is 0.481 e. The lowest BCUT2D eigenvalue weighted by atomic mass is 9.91. The third kappa shape index (κ3) is 8.65. The molecule has 1 saturated carbocycles. The fraction of sp³-hybridized carbons (Fsp3) is 0.778. The van der Waals surface area contributed by atoms with Crippen LogP contribution in [0.15, 0.2) is 12.2 Å². The van der Waals surface area contributed by atoms with E-state index in [0.717, 1.165) is 19.4 Å². The predicted molar refractivity (Wildman–Crippen MR) is 100 cm³/mol. The van der Waals surface area contributed by atoms with Crippen LogP contribution in [0, 0.1) is 11.8 Å². The topological polar surface area (TPSA) is 99.0 Å². The zero-order valence-corrected chi connectivity index (χ0v) is 15.7. The van der Waals surface area contributed by atoms with E-state index >= 15 is 0 Å². The van der Waals surface area contributed by atoms with Crippen molar-refractivity contribution in [3.63, 3.8) is 0 Å². The SMILES string of the molecule is CCCCNC(=S)OC[C@@H]1[C@@H](C/C=C\CCCC(=O)O)[C@H](O)C[C@H]1O. The van der Waals surface area contributed by atoms with Gasteiger partial charge < -0.3 is 25.4 Å². The van der Waals surface area contributed by atoms with E-state index < -0.39 is 18.2 Å². The summed E-state index contributed by atoms with van der Waals surface area (Å²) >= 11 is 5.13. The summed E-state index contributed by atoms with van der Waals surface area (Å²) in [6.07, 6.45) is 7.27. The van der Waals surface area contributed by atoms with Crippen LogP contribution in [0.1, 0.15) is 51.9 Å². The minimum atomic E-state index is -0.788. The first kappa shape index (κ1) is 21.9. The number of thiocarbonyl (C=S) groups is 1. The summed E-state index contributed by atoms with van der Waals surface area (Å²) in [6.45, 7) is 3.16. The minimum Gasteiger partial charge on any atom is -0.481 e. The maximum Gasteiger partial charge on any atom is 0.303 e. The zero-order chi connectivity index (χ0) is 18.7. The van der Waals surface area contributed by atoms with Gasteiger partial charge in [-0.05, 0) is 50.2 Å². The number of nitrogens with one attached hydrogen (secondary N) is 1. The van der Waals surface area contributed by atoms with Crippen LogP contribution in [0.2, 0.25) is 0 Å². The first-order chi connectivity index (χ1) is 12.0. The van der Waals surface area contributed by atoms with E-state index in [4.69, 9.17) is 22.1 Å². The van der Waals surface area contributed by atoms with Crippen molar-refractivity contribution >= 4 is 23.4 Å². The lowest BCUT2D eigenvalue weighted by Gasteiger charge is -2.23. The van der Waals surface area contributed by atoms with Crippen molar-refractivity contribution in [3.8, 4) is 0 Å². The molecule has 0 aromatic heterocycles. The molecule has 4 N–H and O–H groups in total. The van der Waals surface area contributed by atoms with Gasteiger partial charge in [0.1, 0.15) is 0 Å². The number of carboxylic acid groups (broad SMARTS) is 1. The Morgan fingerprint density at radius 3 is 2.64 bits per heavy atom. The molecule has 7 heteroatoms. The van der Waals surface area contributed by atoms with Crippen LogP contribution < -0.4 is 5.32 Å². The number of hydrogen-bond acceptors (Lipinski definition) is 5. The normalized spacial score (nSPS) is 26.0. The van der Waals surface area contributed by atoms with Gasteiger partial charge in [0, 0.05) is 18.9 Å². The highest BCUT2D eigenvalue weighted by Crippen LogP contribution is 2.35. The molecule has 6 nitrogen and oxygen atoms in total. The van der Waals surface area contributed by atoms with Crippen LogP contribution in [0.3, 0.4) is 0 Å².